The van der Waals surface area contributed by atoms with Gasteiger partial charge in [0.1, 0.15) is 6.61 Å². The van der Waals surface area contributed by atoms with Crippen LogP contribution in [0.15, 0.2) is 41.7 Å². The second-order valence-corrected chi connectivity index (χ2v) is 6.97. The Hall–Kier alpha value is -3.52. The molecule has 2 rings (SSSR count). The van der Waals surface area contributed by atoms with Gasteiger partial charge in [0.15, 0.2) is 12.0 Å². The molecule has 0 aromatic carbocycles. The Morgan fingerprint density at radius 3 is 2.45 bits per heavy atom. The Bertz CT molecular complexity index is 928. The molecule has 29 heavy (non-hydrogen) atoms. The third-order valence-electron chi connectivity index (χ3n) is 5.04. The van der Waals surface area contributed by atoms with E-state index in [0.29, 0.717) is 11.1 Å². The summed E-state index contributed by atoms with van der Waals surface area (Å²) in [4.78, 5) is 22.1. The van der Waals surface area contributed by atoms with Crippen molar-refractivity contribution in [3.05, 3.63) is 41.7 Å². The number of hydrogen-bond donors (Lipinski definition) is 0. The summed E-state index contributed by atoms with van der Waals surface area (Å²) < 4.78 is 9.92. The van der Waals surface area contributed by atoms with Crippen LogP contribution in [-0.2, 0) is 19.1 Å². The third-order valence-corrected chi connectivity index (χ3v) is 5.04. The van der Waals surface area contributed by atoms with Crippen LogP contribution in [0.3, 0.4) is 0 Å². The summed E-state index contributed by atoms with van der Waals surface area (Å²) in [6.07, 6.45) is 6.89. The van der Waals surface area contributed by atoms with E-state index in [0.717, 1.165) is 6.42 Å². The minimum atomic E-state index is -1.48. The number of rotatable bonds is 6. The molecule has 0 aromatic heterocycles. The maximum Gasteiger partial charge on any atom is 0.303 e. The number of esters is 2. The van der Waals surface area contributed by atoms with Crippen molar-refractivity contribution in [2.75, 3.05) is 13.2 Å². The van der Waals surface area contributed by atoms with E-state index in [-0.39, 0.29) is 37.4 Å². The van der Waals surface area contributed by atoms with Crippen LogP contribution < -0.4 is 0 Å². The molecular weight excluding hydrogens is 368 g/mol. The molecular formula is C23H22N2O4. The number of nitriles is 2. The molecule has 0 amide bonds. The summed E-state index contributed by atoms with van der Waals surface area (Å²) in [5.74, 6) is 4.47. The Morgan fingerprint density at radius 2 is 1.86 bits per heavy atom. The summed E-state index contributed by atoms with van der Waals surface area (Å²) in [6.45, 7) is 6.22. The van der Waals surface area contributed by atoms with Gasteiger partial charge in [0.25, 0.3) is 0 Å². The van der Waals surface area contributed by atoms with Crippen LogP contribution in [0.4, 0.5) is 0 Å². The topological polar surface area (TPSA) is 100 Å². The van der Waals surface area contributed by atoms with Gasteiger partial charge in [-0.2, -0.15) is 10.5 Å². The standard InChI is InChI=1S/C23H22N2O4/c1-4-19(13-29-17(3)27)22-20-8-7-18(11-20)12-21(22)23(14-24,15-25)9-5-6-10-28-16(2)26/h7-8,12,18,20,22H,1,9-11,13H2,2-3H3/t18?,20-,22+/m1/s1. The Balaban J connectivity index is 2.38. The van der Waals surface area contributed by atoms with Crippen molar-refractivity contribution in [2.45, 2.75) is 26.7 Å². The van der Waals surface area contributed by atoms with E-state index in [2.05, 4.69) is 48.4 Å². The summed E-state index contributed by atoms with van der Waals surface area (Å²) in [7, 11) is 0. The number of fused-ring (bicyclic) bond motifs is 2. The molecule has 148 valence electrons. The lowest BCUT2D eigenvalue weighted by Gasteiger charge is -2.36. The first-order valence-corrected chi connectivity index (χ1v) is 9.21. The molecule has 3 atom stereocenters. The van der Waals surface area contributed by atoms with Crippen LogP contribution in [0.5, 0.6) is 0 Å². The van der Waals surface area contributed by atoms with Gasteiger partial charge in [0.2, 0.25) is 0 Å². The van der Waals surface area contributed by atoms with Crippen LogP contribution >= 0.6 is 0 Å². The molecule has 2 bridgehead atoms. The number of carbonyl (C=O) groups is 2. The molecule has 1 unspecified atom stereocenters. The van der Waals surface area contributed by atoms with Crippen molar-refractivity contribution in [1.82, 2.24) is 0 Å². The summed E-state index contributed by atoms with van der Waals surface area (Å²) >= 11 is 0. The maximum atomic E-state index is 11.3. The molecule has 0 N–H and O–H groups in total. The highest BCUT2D eigenvalue weighted by Gasteiger charge is 2.46. The normalized spacial score (nSPS) is 21.4. The van der Waals surface area contributed by atoms with E-state index in [4.69, 9.17) is 9.47 Å². The monoisotopic (exact) mass is 390 g/mol. The fraction of sp³-hybridized carbons (Fsp3) is 0.435. The Kier molecular flexibility index (Phi) is 7.21. The zero-order valence-electron chi connectivity index (χ0n) is 16.5. The van der Waals surface area contributed by atoms with Crippen LogP contribution in [0.25, 0.3) is 0 Å². The van der Waals surface area contributed by atoms with Crippen LogP contribution in [-0.4, -0.2) is 25.2 Å². The molecule has 0 spiro atoms. The van der Waals surface area contributed by atoms with Crippen molar-refractivity contribution in [3.63, 3.8) is 0 Å². The van der Waals surface area contributed by atoms with Gasteiger partial charge in [-0.05, 0) is 23.8 Å². The summed E-state index contributed by atoms with van der Waals surface area (Å²) in [6, 6.07) is 4.28. The molecule has 0 saturated carbocycles. The number of ether oxygens (including phenoxy) is 2. The SMILES string of the molecule is C=C=C(COC(C)=O)[C@@H]1C(C(C#N)(C#N)CC#CCOC(C)=O)=CC2C=C[C@@H]1C2. The van der Waals surface area contributed by atoms with E-state index in [1.165, 1.54) is 13.8 Å². The smallest absolute Gasteiger partial charge is 0.303 e. The lowest BCUT2D eigenvalue weighted by molar-refractivity contribution is -0.140. The van der Waals surface area contributed by atoms with Crippen molar-refractivity contribution in [2.24, 2.45) is 23.2 Å². The van der Waals surface area contributed by atoms with E-state index < -0.39 is 17.4 Å². The zero-order chi connectivity index (χ0) is 21.4. The van der Waals surface area contributed by atoms with Crippen LogP contribution in [0, 0.1) is 57.7 Å². The van der Waals surface area contributed by atoms with Gasteiger partial charge in [-0.15, -0.1) is 5.73 Å². The molecule has 0 heterocycles. The third kappa shape index (κ3) is 5.05. The molecule has 2 aliphatic rings. The largest absolute Gasteiger partial charge is 0.461 e. The van der Waals surface area contributed by atoms with E-state index in [9.17, 15) is 20.1 Å². The summed E-state index contributed by atoms with van der Waals surface area (Å²) in [5, 5.41) is 19.9. The highest BCUT2D eigenvalue weighted by Crippen LogP contribution is 2.50. The van der Waals surface area contributed by atoms with E-state index in [1.807, 2.05) is 6.08 Å². The highest BCUT2D eigenvalue weighted by atomic mass is 16.5. The van der Waals surface area contributed by atoms with Gasteiger partial charge in [-0.1, -0.05) is 36.6 Å². The molecule has 6 nitrogen and oxygen atoms in total. The van der Waals surface area contributed by atoms with Crippen LogP contribution in [0.2, 0.25) is 0 Å². The number of allylic oxidation sites excluding steroid dienone is 4. The second kappa shape index (κ2) is 9.61. The quantitative estimate of drug-likeness (QED) is 0.299. The van der Waals surface area contributed by atoms with Crippen molar-refractivity contribution < 1.29 is 19.1 Å². The van der Waals surface area contributed by atoms with E-state index >= 15 is 0 Å². The number of carbonyl (C=O) groups excluding carboxylic acids is 2. The molecule has 0 saturated heterocycles. The lowest BCUT2D eigenvalue weighted by Crippen LogP contribution is -2.33. The lowest BCUT2D eigenvalue weighted by atomic mass is 9.64. The van der Waals surface area contributed by atoms with Gasteiger partial charge in [-0.3, -0.25) is 9.59 Å². The number of hydrogen-bond acceptors (Lipinski definition) is 6. The van der Waals surface area contributed by atoms with Crippen molar-refractivity contribution in [1.29, 1.82) is 10.5 Å². The molecule has 0 fully saturated rings. The minimum Gasteiger partial charge on any atom is -0.461 e. The first kappa shape index (κ1) is 21.8. The predicted molar refractivity (Wildman–Crippen MR) is 104 cm³/mol. The zero-order valence-corrected chi connectivity index (χ0v) is 16.5. The van der Waals surface area contributed by atoms with E-state index in [1.54, 1.807) is 0 Å². The Morgan fingerprint density at radius 1 is 1.17 bits per heavy atom. The molecule has 2 aliphatic carbocycles. The second-order valence-electron chi connectivity index (χ2n) is 6.97. The van der Waals surface area contributed by atoms with Gasteiger partial charge >= 0.3 is 11.9 Å². The Labute approximate surface area is 170 Å². The molecule has 0 aromatic rings. The minimum absolute atomic E-state index is 0.000907. The van der Waals surface area contributed by atoms with Gasteiger partial charge < -0.3 is 9.47 Å². The maximum absolute atomic E-state index is 11.3. The first-order chi connectivity index (χ1) is 13.9. The molecule has 6 heteroatoms. The van der Waals surface area contributed by atoms with Gasteiger partial charge in [0, 0.05) is 31.8 Å². The molecule has 0 radical (unpaired) electrons. The van der Waals surface area contributed by atoms with Gasteiger partial charge in [0.05, 0.1) is 12.1 Å². The highest BCUT2D eigenvalue weighted by molar-refractivity contribution is 5.66. The average Bonchev–Trinajstić information content (AvgIpc) is 3.07. The van der Waals surface area contributed by atoms with Crippen LogP contribution in [0.1, 0.15) is 26.7 Å². The predicted octanol–water partition coefficient (Wildman–Crippen LogP) is 3.00. The fourth-order valence-corrected chi connectivity index (χ4v) is 3.70. The number of nitrogens with zero attached hydrogens (tertiary/aromatic N) is 2. The van der Waals surface area contributed by atoms with Gasteiger partial charge in [-0.25, -0.2) is 0 Å². The van der Waals surface area contributed by atoms with Crippen molar-refractivity contribution >= 4 is 11.9 Å². The first-order valence-electron chi connectivity index (χ1n) is 9.21. The molecule has 0 aliphatic heterocycles. The van der Waals surface area contributed by atoms with Crippen molar-refractivity contribution in [3.8, 4) is 24.0 Å². The summed E-state index contributed by atoms with van der Waals surface area (Å²) in [5.41, 5.74) is 2.64. The average molecular weight is 390 g/mol. The fourth-order valence-electron chi connectivity index (χ4n) is 3.70.